The highest BCUT2D eigenvalue weighted by Crippen LogP contribution is 2.34. The molecule has 0 amide bonds. The molecule has 1 fully saturated rings. The third-order valence-corrected chi connectivity index (χ3v) is 5.90. The van der Waals surface area contributed by atoms with Crippen LogP contribution < -0.4 is 9.64 Å². The molecule has 1 aromatic carbocycles. The summed E-state index contributed by atoms with van der Waals surface area (Å²) in [6.07, 6.45) is 1.20. The van der Waals surface area contributed by atoms with Gasteiger partial charge in [-0.1, -0.05) is 17.3 Å². The number of anilines is 1. The van der Waals surface area contributed by atoms with E-state index in [1.165, 1.54) is 6.26 Å². The van der Waals surface area contributed by atoms with Gasteiger partial charge in [-0.15, -0.1) is 0 Å². The molecular weight excluding hydrogens is 490 g/mol. The number of pyridine rings is 1. The molecule has 0 saturated carbocycles. The summed E-state index contributed by atoms with van der Waals surface area (Å²) in [7, 11) is 0. The van der Waals surface area contributed by atoms with E-state index in [-0.39, 0.29) is 36.2 Å². The lowest BCUT2D eigenvalue weighted by Crippen LogP contribution is -2.36. The van der Waals surface area contributed by atoms with E-state index in [2.05, 4.69) is 26.1 Å². The number of aryl methyl sites for hydroxylation is 1. The molecule has 0 N–H and O–H groups in total. The Morgan fingerprint density at radius 2 is 1.95 bits per heavy atom. The number of rotatable bonds is 8. The Hall–Kier alpha value is -4.69. The Balaban J connectivity index is 1.47. The molecule has 1 saturated heterocycles. The summed E-state index contributed by atoms with van der Waals surface area (Å²) in [6.45, 7) is 6.63. The maximum absolute atomic E-state index is 11.9. The number of morpholine rings is 1. The SMILES string of the molecule is CCOC(=O)c1coc(COc2nc(-c3ccc(N4CCOCC4)cc3)cc(-c3cc(C)no3)c2C#N)n1. The fraction of sp³-hybridized carbons (Fsp3) is 0.296. The van der Waals surface area contributed by atoms with Crippen molar-refractivity contribution in [2.75, 3.05) is 37.8 Å². The van der Waals surface area contributed by atoms with E-state index in [1.54, 1.807) is 26.0 Å². The van der Waals surface area contributed by atoms with Gasteiger partial charge in [-0.2, -0.15) is 5.26 Å². The van der Waals surface area contributed by atoms with Gasteiger partial charge in [-0.05, 0) is 32.0 Å². The van der Waals surface area contributed by atoms with Crippen LogP contribution in [0.15, 0.2) is 51.6 Å². The van der Waals surface area contributed by atoms with Crippen molar-refractivity contribution >= 4 is 11.7 Å². The molecular formula is C27H25N5O6. The fourth-order valence-electron chi connectivity index (χ4n) is 4.04. The molecule has 38 heavy (non-hydrogen) atoms. The predicted molar refractivity (Wildman–Crippen MR) is 134 cm³/mol. The van der Waals surface area contributed by atoms with Gasteiger partial charge in [-0.25, -0.2) is 14.8 Å². The molecule has 5 rings (SSSR count). The second kappa shape index (κ2) is 11.1. The quantitative estimate of drug-likeness (QED) is 0.313. The molecule has 0 atom stereocenters. The van der Waals surface area contributed by atoms with Crippen LogP contribution in [0.1, 0.15) is 34.6 Å². The van der Waals surface area contributed by atoms with E-state index in [0.29, 0.717) is 35.9 Å². The van der Waals surface area contributed by atoms with Crippen molar-refractivity contribution in [3.05, 3.63) is 65.5 Å². The maximum Gasteiger partial charge on any atom is 0.360 e. The number of nitriles is 1. The van der Waals surface area contributed by atoms with E-state index >= 15 is 0 Å². The number of aromatic nitrogens is 3. The molecule has 0 unspecified atom stereocenters. The highest BCUT2D eigenvalue weighted by Gasteiger charge is 2.21. The van der Waals surface area contributed by atoms with Gasteiger partial charge in [-0.3, -0.25) is 0 Å². The Kier molecular flexibility index (Phi) is 7.33. The lowest BCUT2D eigenvalue weighted by molar-refractivity contribution is 0.0519. The molecule has 1 aliphatic heterocycles. The Morgan fingerprint density at radius 1 is 1.16 bits per heavy atom. The summed E-state index contributed by atoms with van der Waals surface area (Å²) in [4.78, 5) is 22.9. The van der Waals surface area contributed by atoms with Crippen LogP contribution in [0, 0.1) is 18.3 Å². The van der Waals surface area contributed by atoms with Crippen molar-refractivity contribution < 1.29 is 27.9 Å². The zero-order valence-corrected chi connectivity index (χ0v) is 21.0. The topological polar surface area (TPSA) is 137 Å². The lowest BCUT2D eigenvalue weighted by atomic mass is 10.0. The van der Waals surface area contributed by atoms with Gasteiger partial charge >= 0.3 is 5.97 Å². The van der Waals surface area contributed by atoms with Crippen LogP contribution in [0.25, 0.3) is 22.6 Å². The fourth-order valence-corrected chi connectivity index (χ4v) is 4.04. The van der Waals surface area contributed by atoms with E-state index in [9.17, 15) is 10.1 Å². The van der Waals surface area contributed by atoms with Gasteiger partial charge in [0.15, 0.2) is 18.1 Å². The van der Waals surface area contributed by atoms with Gasteiger partial charge in [0.2, 0.25) is 11.8 Å². The van der Waals surface area contributed by atoms with Crippen molar-refractivity contribution in [3.8, 4) is 34.5 Å². The number of hydrogen-bond acceptors (Lipinski definition) is 11. The molecule has 0 spiro atoms. The first-order valence-corrected chi connectivity index (χ1v) is 12.1. The van der Waals surface area contributed by atoms with E-state index in [1.807, 2.05) is 24.3 Å². The highest BCUT2D eigenvalue weighted by molar-refractivity contribution is 5.86. The zero-order chi connectivity index (χ0) is 26.5. The Bertz CT molecular complexity index is 1460. The first-order chi connectivity index (χ1) is 18.6. The van der Waals surface area contributed by atoms with Crippen molar-refractivity contribution in [3.63, 3.8) is 0 Å². The minimum atomic E-state index is -0.594. The second-order valence-electron chi connectivity index (χ2n) is 8.46. The van der Waals surface area contributed by atoms with Crippen molar-refractivity contribution in [1.29, 1.82) is 5.26 Å². The molecule has 3 aromatic heterocycles. The van der Waals surface area contributed by atoms with Crippen LogP contribution in [0.4, 0.5) is 5.69 Å². The molecule has 0 radical (unpaired) electrons. The summed E-state index contributed by atoms with van der Waals surface area (Å²) < 4.78 is 27.1. The van der Waals surface area contributed by atoms with Gasteiger partial charge in [0.25, 0.3) is 0 Å². The Morgan fingerprint density at radius 3 is 2.63 bits per heavy atom. The van der Waals surface area contributed by atoms with E-state index in [4.69, 9.17) is 23.2 Å². The van der Waals surface area contributed by atoms with Gasteiger partial charge in [0, 0.05) is 36.0 Å². The maximum atomic E-state index is 11.9. The molecule has 4 aromatic rings. The van der Waals surface area contributed by atoms with Crippen LogP contribution in [-0.4, -0.2) is 54.0 Å². The second-order valence-corrected chi connectivity index (χ2v) is 8.46. The molecule has 0 aliphatic carbocycles. The van der Waals surface area contributed by atoms with E-state index < -0.39 is 5.97 Å². The summed E-state index contributed by atoms with van der Waals surface area (Å²) in [5, 5.41) is 14.0. The number of oxazole rings is 1. The summed E-state index contributed by atoms with van der Waals surface area (Å²) in [5.74, 6) is 0.0281. The van der Waals surface area contributed by atoms with Crippen LogP contribution in [0.3, 0.4) is 0 Å². The van der Waals surface area contributed by atoms with Crippen LogP contribution >= 0.6 is 0 Å². The largest absolute Gasteiger partial charge is 0.467 e. The number of esters is 1. The van der Waals surface area contributed by atoms with Crippen molar-refractivity contribution in [1.82, 2.24) is 15.1 Å². The third kappa shape index (κ3) is 5.35. The average Bonchev–Trinajstić information content (AvgIpc) is 3.61. The zero-order valence-electron chi connectivity index (χ0n) is 21.0. The highest BCUT2D eigenvalue weighted by atomic mass is 16.5. The molecule has 1 aliphatic rings. The lowest BCUT2D eigenvalue weighted by Gasteiger charge is -2.28. The molecule has 11 nitrogen and oxygen atoms in total. The molecule has 4 heterocycles. The number of nitrogens with zero attached hydrogens (tertiary/aromatic N) is 5. The normalized spacial score (nSPS) is 13.2. The minimum Gasteiger partial charge on any atom is -0.467 e. The number of ether oxygens (including phenoxy) is 3. The van der Waals surface area contributed by atoms with Gasteiger partial charge in [0.05, 0.1) is 31.2 Å². The standard InChI is InChI=1S/C27H25N5O6/c1-3-35-27(33)23-15-36-25(29-23)16-37-26-21(14-28)20(24-12-17(2)31-38-24)13-22(30-26)18-4-6-19(7-5-18)32-8-10-34-11-9-32/h4-7,12-13,15H,3,8-11,16H2,1-2H3. The minimum absolute atomic E-state index is 0.0332. The monoisotopic (exact) mass is 515 g/mol. The summed E-state index contributed by atoms with van der Waals surface area (Å²) in [5.41, 5.74) is 3.87. The van der Waals surface area contributed by atoms with E-state index in [0.717, 1.165) is 24.3 Å². The smallest absolute Gasteiger partial charge is 0.360 e. The van der Waals surface area contributed by atoms with Crippen LogP contribution in [-0.2, 0) is 16.1 Å². The molecule has 11 heteroatoms. The van der Waals surface area contributed by atoms with Crippen molar-refractivity contribution in [2.45, 2.75) is 20.5 Å². The third-order valence-electron chi connectivity index (χ3n) is 5.90. The first kappa shape index (κ1) is 25.0. The Labute approximate surface area is 218 Å². The molecule has 194 valence electrons. The van der Waals surface area contributed by atoms with Gasteiger partial charge in [0.1, 0.15) is 17.9 Å². The number of carbonyl (C=O) groups is 1. The van der Waals surface area contributed by atoms with Crippen LogP contribution in [0.2, 0.25) is 0 Å². The number of carbonyl (C=O) groups excluding carboxylic acids is 1. The first-order valence-electron chi connectivity index (χ1n) is 12.1. The summed E-state index contributed by atoms with van der Waals surface area (Å²) in [6, 6.07) is 13.7. The predicted octanol–water partition coefficient (Wildman–Crippen LogP) is 4.16. The summed E-state index contributed by atoms with van der Waals surface area (Å²) >= 11 is 0. The van der Waals surface area contributed by atoms with Crippen molar-refractivity contribution in [2.24, 2.45) is 0 Å². The van der Waals surface area contributed by atoms with Crippen LogP contribution in [0.5, 0.6) is 5.88 Å². The molecule has 0 bridgehead atoms. The number of hydrogen-bond donors (Lipinski definition) is 0. The number of benzene rings is 1. The van der Waals surface area contributed by atoms with Gasteiger partial charge < -0.3 is 28.1 Å². The average molecular weight is 516 g/mol.